The molecule has 4 nitrogen and oxygen atoms in total. The summed E-state index contributed by atoms with van der Waals surface area (Å²) in [5, 5.41) is 2.26. The molecule has 2 aromatic rings. The Kier molecular flexibility index (Phi) is 3.18. The maximum absolute atomic E-state index is 13.5. The molecule has 1 amide bonds. The van der Waals surface area contributed by atoms with Crippen LogP contribution in [0.1, 0.15) is 10.4 Å². The molecule has 0 atom stereocenters. The van der Waals surface area contributed by atoms with Crippen molar-refractivity contribution < 1.29 is 13.6 Å². The molecule has 3 N–H and O–H groups in total. The zero-order valence-electron chi connectivity index (χ0n) is 9.15. The Morgan fingerprint density at radius 1 is 1.22 bits per heavy atom. The summed E-state index contributed by atoms with van der Waals surface area (Å²) in [7, 11) is 0. The Labute approximate surface area is 101 Å². The van der Waals surface area contributed by atoms with E-state index in [0.29, 0.717) is 0 Å². The molecule has 92 valence electrons. The molecule has 1 heterocycles. The number of pyridine rings is 1. The van der Waals surface area contributed by atoms with Gasteiger partial charge in [0.2, 0.25) is 0 Å². The van der Waals surface area contributed by atoms with E-state index in [9.17, 15) is 13.6 Å². The van der Waals surface area contributed by atoms with Crippen LogP contribution in [-0.2, 0) is 0 Å². The van der Waals surface area contributed by atoms with Gasteiger partial charge in [0.1, 0.15) is 5.82 Å². The fraction of sp³-hybridized carbons (Fsp3) is 0. The average molecular weight is 249 g/mol. The van der Waals surface area contributed by atoms with Gasteiger partial charge in [-0.2, -0.15) is 0 Å². The number of aromatic nitrogens is 1. The number of nitrogens with one attached hydrogen (secondary N) is 1. The Morgan fingerprint density at radius 2 is 1.94 bits per heavy atom. The van der Waals surface area contributed by atoms with Crippen LogP contribution in [0.5, 0.6) is 0 Å². The molecule has 0 spiro atoms. The number of benzene rings is 1. The number of hydrogen-bond donors (Lipinski definition) is 2. The van der Waals surface area contributed by atoms with Gasteiger partial charge in [-0.1, -0.05) is 12.1 Å². The predicted octanol–water partition coefficient (Wildman–Crippen LogP) is 2.19. The van der Waals surface area contributed by atoms with Crippen molar-refractivity contribution in [2.24, 2.45) is 0 Å². The van der Waals surface area contributed by atoms with Gasteiger partial charge in [-0.25, -0.2) is 13.8 Å². The first-order valence-corrected chi connectivity index (χ1v) is 5.05. The molecule has 0 bridgehead atoms. The van der Waals surface area contributed by atoms with Gasteiger partial charge >= 0.3 is 0 Å². The Hall–Kier alpha value is -2.50. The molecule has 18 heavy (non-hydrogen) atoms. The van der Waals surface area contributed by atoms with Gasteiger partial charge in [0.15, 0.2) is 11.6 Å². The maximum atomic E-state index is 13.5. The third-order valence-corrected chi connectivity index (χ3v) is 2.28. The van der Waals surface area contributed by atoms with Gasteiger partial charge in [-0.3, -0.25) is 4.79 Å². The third-order valence-electron chi connectivity index (χ3n) is 2.28. The molecular formula is C12H9F2N3O. The molecule has 0 fully saturated rings. The van der Waals surface area contributed by atoms with Crippen molar-refractivity contribution in [3.8, 4) is 0 Å². The fourth-order valence-corrected chi connectivity index (χ4v) is 1.39. The molecule has 0 aliphatic carbocycles. The molecule has 1 aromatic carbocycles. The van der Waals surface area contributed by atoms with Crippen LogP contribution in [0.4, 0.5) is 20.3 Å². The van der Waals surface area contributed by atoms with Crippen molar-refractivity contribution >= 4 is 17.4 Å². The molecule has 1 aromatic heterocycles. The first-order valence-electron chi connectivity index (χ1n) is 5.05. The Bertz CT molecular complexity index is 602. The number of nitrogens with two attached hydrogens (primary N) is 1. The number of para-hydroxylation sites is 1. The second kappa shape index (κ2) is 4.79. The van der Waals surface area contributed by atoms with Crippen LogP contribution in [0.2, 0.25) is 0 Å². The minimum Gasteiger partial charge on any atom is -0.381 e. The van der Waals surface area contributed by atoms with Crippen molar-refractivity contribution in [1.82, 2.24) is 4.98 Å². The minimum atomic E-state index is -0.925. The minimum absolute atomic E-state index is 0.0303. The van der Waals surface area contributed by atoms with E-state index in [1.165, 1.54) is 30.5 Å². The topological polar surface area (TPSA) is 68.0 Å². The van der Waals surface area contributed by atoms with Crippen LogP contribution in [0.15, 0.2) is 36.5 Å². The lowest BCUT2D eigenvalue weighted by Crippen LogP contribution is -2.16. The number of carbonyl (C=O) groups is 1. The number of carbonyl (C=O) groups excluding carboxylic acids is 1. The molecule has 0 saturated carbocycles. The van der Waals surface area contributed by atoms with Crippen molar-refractivity contribution in [1.29, 1.82) is 0 Å². The lowest BCUT2D eigenvalue weighted by Gasteiger charge is -2.07. The van der Waals surface area contributed by atoms with Crippen molar-refractivity contribution in [3.63, 3.8) is 0 Å². The number of anilines is 2. The van der Waals surface area contributed by atoms with Gasteiger partial charge in [-0.05, 0) is 18.2 Å². The lowest BCUT2D eigenvalue weighted by atomic mass is 10.2. The van der Waals surface area contributed by atoms with Crippen LogP contribution in [0, 0.1) is 11.6 Å². The highest BCUT2D eigenvalue weighted by Gasteiger charge is 2.15. The van der Waals surface area contributed by atoms with Gasteiger partial charge in [0, 0.05) is 6.20 Å². The summed E-state index contributed by atoms with van der Waals surface area (Å²) in [6.07, 6.45) is 1.20. The SMILES string of the molecule is Nc1nccc(C(=O)Nc2ccccc2F)c1F. The van der Waals surface area contributed by atoms with Gasteiger partial charge < -0.3 is 11.1 Å². The van der Waals surface area contributed by atoms with E-state index in [4.69, 9.17) is 5.73 Å². The van der Waals surface area contributed by atoms with Crippen LogP contribution >= 0.6 is 0 Å². The zero-order chi connectivity index (χ0) is 13.1. The fourth-order valence-electron chi connectivity index (χ4n) is 1.39. The van der Waals surface area contributed by atoms with E-state index in [2.05, 4.69) is 10.3 Å². The molecule has 0 aliphatic heterocycles. The Morgan fingerprint density at radius 3 is 2.67 bits per heavy atom. The first-order chi connectivity index (χ1) is 8.59. The van der Waals surface area contributed by atoms with E-state index < -0.39 is 17.5 Å². The largest absolute Gasteiger partial charge is 0.381 e. The summed E-state index contributed by atoms with van der Waals surface area (Å²) in [6, 6.07) is 6.76. The van der Waals surface area contributed by atoms with E-state index in [-0.39, 0.29) is 17.1 Å². The molecule has 0 saturated heterocycles. The number of hydrogen-bond acceptors (Lipinski definition) is 3. The van der Waals surface area contributed by atoms with Crippen LogP contribution in [-0.4, -0.2) is 10.9 Å². The highest BCUT2D eigenvalue weighted by molar-refractivity contribution is 6.04. The summed E-state index contributed by atoms with van der Waals surface area (Å²) in [5.74, 6) is -2.69. The number of halogens is 2. The van der Waals surface area contributed by atoms with Crippen LogP contribution in [0.3, 0.4) is 0 Å². The van der Waals surface area contributed by atoms with Crippen molar-refractivity contribution in [2.45, 2.75) is 0 Å². The number of rotatable bonds is 2. The molecule has 0 unspecified atom stereocenters. The molecule has 0 radical (unpaired) electrons. The highest BCUT2D eigenvalue weighted by Crippen LogP contribution is 2.16. The summed E-state index contributed by atoms with van der Waals surface area (Å²) < 4.78 is 26.8. The Balaban J connectivity index is 2.28. The van der Waals surface area contributed by atoms with E-state index in [0.717, 1.165) is 0 Å². The number of nitrogen functional groups attached to an aromatic ring is 1. The zero-order valence-corrected chi connectivity index (χ0v) is 9.15. The standard InChI is InChI=1S/C12H9F2N3O/c13-8-3-1-2-4-9(8)17-12(18)7-5-6-16-11(15)10(7)14/h1-6H,(H2,15,16)(H,17,18). The summed E-state index contributed by atoms with van der Waals surface area (Å²) in [4.78, 5) is 15.2. The van der Waals surface area contributed by atoms with E-state index >= 15 is 0 Å². The maximum Gasteiger partial charge on any atom is 0.258 e. The first kappa shape index (κ1) is 12.0. The lowest BCUT2D eigenvalue weighted by molar-refractivity contribution is 0.102. The van der Waals surface area contributed by atoms with Crippen molar-refractivity contribution in [3.05, 3.63) is 53.7 Å². The predicted molar refractivity (Wildman–Crippen MR) is 63.0 cm³/mol. The van der Waals surface area contributed by atoms with E-state index in [1.807, 2.05) is 0 Å². The normalized spacial score (nSPS) is 10.1. The van der Waals surface area contributed by atoms with Gasteiger partial charge in [0.05, 0.1) is 11.3 Å². The summed E-state index contributed by atoms with van der Waals surface area (Å²) >= 11 is 0. The number of nitrogens with zero attached hydrogens (tertiary/aromatic N) is 1. The smallest absolute Gasteiger partial charge is 0.258 e. The average Bonchev–Trinajstić information content (AvgIpc) is 2.35. The highest BCUT2D eigenvalue weighted by atomic mass is 19.1. The second-order valence-corrected chi connectivity index (χ2v) is 3.49. The van der Waals surface area contributed by atoms with Crippen molar-refractivity contribution in [2.75, 3.05) is 11.1 Å². The molecule has 6 heteroatoms. The molecular weight excluding hydrogens is 240 g/mol. The van der Waals surface area contributed by atoms with E-state index in [1.54, 1.807) is 6.07 Å². The molecule has 0 aliphatic rings. The quantitative estimate of drug-likeness (QED) is 0.857. The van der Waals surface area contributed by atoms with Gasteiger partial charge in [-0.15, -0.1) is 0 Å². The third kappa shape index (κ3) is 2.27. The van der Waals surface area contributed by atoms with Crippen LogP contribution < -0.4 is 11.1 Å². The number of amides is 1. The summed E-state index contributed by atoms with van der Waals surface area (Å²) in [5.41, 5.74) is 4.92. The summed E-state index contributed by atoms with van der Waals surface area (Å²) in [6.45, 7) is 0. The van der Waals surface area contributed by atoms with Gasteiger partial charge in [0.25, 0.3) is 5.91 Å². The second-order valence-electron chi connectivity index (χ2n) is 3.49. The monoisotopic (exact) mass is 249 g/mol. The van der Waals surface area contributed by atoms with Crippen LogP contribution in [0.25, 0.3) is 0 Å². The molecule has 2 rings (SSSR count).